The van der Waals surface area contributed by atoms with E-state index in [1.807, 2.05) is 48.5 Å². The van der Waals surface area contributed by atoms with Crippen molar-refractivity contribution in [3.63, 3.8) is 0 Å². The molecule has 1 atom stereocenters. The average molecular weight is 419 g/mol. The van der Waals surface area contributed by atoms with Crippen molar-refractivity contribution < 1.29 is 14.2 Å². The summed E-state index contributed by atoms with van der Waals surface area (Å²) < 4.78 is 17.9. The van der Waals surface area contributed by atoms with Crippen LogP contribution in [0.2, 0.25) is 0 Å². The minimum Gasteiger partial charge on any atom is -0.493 e. The maximum Gasteiger partial charge on any atom is 0.127 e. The SMILES string of the molecule is CCC(C)(COCc1cccc(Oc2ccccc2)c1)c1ccc(OCC(C)C)cc1. The third-order valence-electron chi connectivity index (χ3n) is 5.48. The van der Waals surface area contributed by atoms with Crippen LogP contribution in [0.5, 0.6) is 17.2 Å². The highest BCUT2D eigenvalue weighted by atomic mass is 16.5. The molecule has 164 valence electrons. The second kappa shape index (κ2) is 11.0. The Labute approximate surface area is 187 Å². The molecule has 3 heteroatoms. The van der Waals surface area contributed by atoms with Crippen molar-refractivity contribution in [2.45, 2.75) is 46.1 Å². The molecule has 0 N–H and O–H groups in total. The molecule has 0 saturated carbocycles. The molecule has 3 aromatic rings. The van der Waals surface area contributed by atoms with Gasteiger partial charge in [-0.25, -0.2) is 0 Å². The Bertz CT molecular complexity index is 919. The smallest absolute Gasteiger partial charge is 0.127 e. The number of para-hydroxylation sites is 1. The topological polar surface area (TPSA) is 27.7 Å². The Kier molecular flexibility index (Phi) is 8.13. The minimum absolute atomic E-state index is 0.0469. The van der Waals surface area contributed by atoms with E-state index in [1.54, 1.807) is 0 Å². The Balaban J connectivity index is 1.57. The molecule has 31 heavy (non-hydrogen) atoms. The van der Waals surface area contributed by atoms with Gasteiger partial charge < -0.3 is 14.2 Å². The van der Waals surface area contributed by atoms with Crippen LogP contribution >= 0.6 is 0 Å². The zero-order valence-electron chi connectivity index (χ0n) is 19.1. The van der Waals surface area contributed by atoms with E-state index in [2.05, 4.69) is 58.0 Å². The van der Waals surface area contributed by atoms with Gasteiger partial charge >= 0.3 is 0 Å². The second-order valence-electron chi connectivity index (χ2n) is 8.70. The van der Waals surface area contributed by atoms with Crippen molar-refractivity contribution in [1.82, 2.24) is 0 Å². The summed E-state index contributed by atoms with van der Waals surface area (Å²) in [6, 6.07) is 26.4. The lowest BCUT2D eigenvalue weighted by Gasteiger charge is -2.29. The molecule has 3 aromatic carbocycles. The van der Waals surface area contributed by atoms with Crippen LogP contribution in [0.25, 0.3) is 0 Å². The first-order valence-electron chi connectivity index (χ1n) is 11.1. The Morgan fingerprint density at radius 3 is 2.19 bits per heavy atom. The lowest BCUT2D eigenvalue weighted by Crippen LogP contribution is -2.27. The molecule has 0 heterocycles. The van der Waals surface area contributed by atoms with Crippen molar-refractivity contribution in [2.75, 3.05) is 13.2 Å². The molecule has 0 spiro atoms. The molecule has 0 bridgehead atoms. The molecule has 3 nitrogen and oxygen atoms in total. The molecule has 0 saturated heterocycles. The van der Waals surface area contributed by atoms with Gasteiger partial charge in [-0.1, -0.05) is 70.2 Å². The molecule has 0 aliphatic carbocycles. The minimum atomic E-state index is -0.0469. The number of ether oxygens (including phenoxy) is 3. The fraction of sp³-hybridized carbons (Fsp3) is 0.357. The molecule has 0 aliphatic heterocycles. The fourth-order valence-electron chi connectivity index (χ4n) is 3.32. The second-order valence-corrected chi connectivity index (χ2v) is 8.70. The maximum absolute atomic E-state index is 6.16. The molecule has 0 amide bonds. The fourth-order valence-corrected chi connectivity index (χ4v) is 3.32. The van der Waals surface area contributed by atoms with Gasteiger partial charge in [0, 0.05) is 5.41 Å². The first-order chi connectivity index (χ1) is 15.0. The number of hydrogen-bond donors (Lipinski definition) is 0. The number of rotatable bonds is 11. The largest absolute Gasteiger partial charge is 0.493 e. The van der Waals surface area contributed by atoms with E-state index in [9.17, 15) is 0 Å². The quantitative estimate of drug-likeness (QED) is 0.325. The van der Waals surface area contributed by atoms with E-state index in [1.165, 1.54) is 5.56 Å². The standard InChI is InChI=1S/C28H34O3/c1-5-28(4,24-14-16-25(17-15-24)30-19-22(2)3)21-29-20-23-10-9-13-27(18-23)31-26-11-7-6-8-12-26/h6-18,22H,5,19-21H2,1-4H3. The molecule has 3 rings (SSSR count). The van der Waals surface area contributed by atoms with E-state index in [0.717, 1.165) is 35.8 Å². The van der Waals surface area contributed by atoms with Crippen LogP contribution in [0, 0.1) is 5.92 Å². The lowest BCUT2D eigenvalue weighted by molar-refractivity contribution is 0.0747. The molecule has 0 aliphatic rings. The average Bonchev–Trinajstić information content (AvgIpc) is 2.79. The first-order valence-corrected chi connectivity index (χ1v) is 11.1. The summed E-state index contributed by atoms with van der Waals surface area (Å²) in [7, 11) is 0. The lowest BCUT2D eigenvalue weighted by atomic mass is 9.81. The normalized spacial score (nSPS) is 13.1. The molecule has 0 fully saturated rings. The predicted octanol–water partition coefficient (Wildman–Crippen LogP) is 7.40. The van der Waals surface area contributed by atoms with E-state index in [0.29, 0.717) is 19.1 Å². The van der Waals surface area contributed by atoms with Crippen LogP contribution in [0.15, 0.2) is 78.9 Å². The van der Waals surface area contributed by atoms with Crippen LogP contribution in [-0.4, -0.2) is 13.2 Å². The van der Waals surface area contributed by atoms with E-state index in [4.69, 9.17) is 14.2 Å². The Morgan fingerprint density at radius 1 is 0.806 bits per heavy atom. The van der Waals surface area contributed by atoms with Crippen molar-refractivity contribution in [3.8, 4) is 17.2 Å². The summed E-state index contributed by atoms with van der Waals surface area (Å²) in [6.45, 7) is 10.7. The first kappa shape index (κ1) is 22.9. The summed E-state index contributed by atoms with van der Waals surface area (Å²) >= 11 is 0. The number of hydrogen-bond acceptors (Lipinski definition) is 3. The molecule has 0 radical (unpaired) electrons. The Morgan fingerprint density at radius 2 is 1.52 bits per heavy atom. The highest BCUT2D eigenvalue weighted by Crippen LogP contribution is 2.30. The van der Waals surface area contributed by atoms with E-state index >= 15 is 0 Å². The van der Waals surface area contributed by atoms with E-state index < -0.39 is 0 Å². The molecular formula is C28H34O3. The van der Waals surface area contributed by atoms with Crippen LogP contribution < -0.4 is 9.47 Å². The third-order valence-corrected chi connectivity index (χ3v) is 5.48. The van der Waals surface area contributed by atoms with Gasteiger partial charge in [-0.3, -0.25) is 0 Å². The zero-order chi connectivity index (χ0) is 22.1. The summed E-state index contributed by atoms with van der Waals surface area (Å²) in [6.07, 6.45) is 0.996. The van der Waals surface area contributed by atoms with Crippen LogP contribution in [0.3, 0.4) is 0 Å². The molecule has 0 aromatic heterocycles. The summed E-state index contributed by atoms with van der Waals surface area (Å²) in [5.41, 5.74) is 2.33. The summed E-state index contributed by atoms with van der Waals surface area (Å²) in [4.78, 5) is 0. The van der Waals surface area contributed by atoms with Gasteiger partial charge in [0.1, 0.15) is 17.2 Å². The monoisotopic (exact) mass is 418 g/mol. The highest BCUT2D eigenvalue weighted by Gasteiger charge is 2.25. The van der Waals surface area contributed by atoms with Gasteiger partial charge in [0.2, 0.25) is 0 Å². The zero-order valence-corrected chi connectivity index (χ0v) is 19.1. The summed E-state index contributed by atoms with van der Waals surface area (Å²) in [5, 5.41) is 0. The van der Waals surface area contributed by atoms with Crippen molar-refractivity contribution in [2.24, 2.45) is 5.92 Å². The maximum atomic E-state index is 6.16. The predicted molar refractivity (Wildman–Crippen MR) is 127 cm³/mol. The molecular weight excluding hydrogens is 384 g/mol. The van der Waals surface area contributed by atoms with Gasteiger partial charge in [0.15, 0.2) is 0 Å². The number of benzene rings is 3. The van der Waals surface area contributed by atoms with Crippen LogP contribution in [0.4, 0.5) is 0 Å². The van der Waals surface area contributed by atoms with Crippen LogP contribution in [-0.2, 0) is 16.8 Å². The molecule has 1 unspecified atom stereocenters. The highest BCUT2D eigenvalue weighted by molar-refractivity contribution is 5.34. The van der Waals surface area contributed by atoms with E-state index in [-0.39, 0.29) is 5.41 Å². The van der Waals surface area contributed by atoms with Crippen molar-refractivity contribution >= 4 is 0 Å². The van der Waals surface area contributed by atoms with Gasteiger partial charge in [-0.15, -0.1) is 0 Å². The Hall–Kier alpha value is -2.78. The van der Waals surface area contributed by atoms with Gasteiger partial charge in [0.05, 0.1) is 19.8 Å². The third kappa shape index (κ3) is 6.86. The van der Waals surface area contributed by atoms with Crippen LogP contribution in [0.1, 0.15) is 45.2 Å². The van der Waals surface area contributed by atoms with Gasteiger partial charge in [-0.05, 0) is 59.9 Å². The van der Waals surface area contributed by atoms with Crippen molar-refractivity contribution in [1.29, 1.82) is 0 Å². The van der Waals surface area contributed by atoms with Gasteiger partial charge in [0.25, 0.3) is 0 Å². The summed E-state index contributed by atoms with van der Waals surface area (Å²) in [5.74, 6) is 3.10. The van der Waals surface area contributed by atoms with Gasteiger partial charge in [-0.2, -0.15) is 0 Å². The van der Waals surface area contributed by atoms with Crippen molar-refractivity contribution in [3.05, 3.63) is 90.0 Å².